The van der Waals surface area contributed by atoms with Gasteiger partial charge in [-0.1, -0.05) is 170 Å². The van der Waals surface area contributed by atoms with Gasteiger partial charge in [0.25, 0.3) is 0 Å². The molecule has 0 unspecified atom stereocenters. The standard InChI is InChI=1S/C50H31N3/c1-3-13-32(14-4-1)33-23-25-35(26-24-33)46-42-29-28-37(31-45(42)53-44-22-12-11-20-40(44)39-19-9-10-21-41(39)49(46)53)50-51-47(36-16-5-2-6-17-36)43-30-27-34-15-7-8-18-38(34)48(43)52-50/h1-31H. The van der Waals surface area contributed by atoms with Crippen LogP contribution < -0.4 is 0 Å². The van der Waals surface area contributed by atoms with Crippen LogP contribution in [0.2, 0.25) is 0 Å². The van der Waals surface area contributed by atoms with E-state index in [1.807, 2.05) is 0 Å². The van der Waals surface area contributed by atoms with Gasteiger partial charge >= 0.3 is 0 Å². The number of hydrogen-bond donors (Lipinski definition) is 0. The summed E-state index contributed by atoms with van der Waals surface area (Å²) in [6.07, 6.45) is 0. The van der Waals surface area contributed by atoms with Crippen LogP contribution in [0.25, 0.3) is 105 Å². The van der Waals surface area contributed by atoms with E-state index in [-0.39, 0.29) is 0 Å². The number of hydrogen-bond acceptors (Lipinski definition) is 2. The van der Waals surface area contributed by atoms with Crippen molar-refractivity contribution in [3.63, 3.8) is 0 Å². The fourth-order valence-corrected chi connectivity index (χ4v) is 8.31. The number of nitrogens with zero attached hydrogens (tertiary/aromatic N) is 3. The maximum atomic E-state index is 5.34. The van der Waals surface area contributed by atoms with Gasteiger partial charge in [0, 0.05) is 43.6 Å². The largest absolute Gasteiger partial charge is 0.308 e. The Morgan fingerprint density at radius 2 is 0.925 bits per heavy atom. The number of para-hydroxylation sites is 1. The highest BCUT2D eigenvalue weighted by atomic mass is 14.9. The lowest BCUT2D eigenvalue weighted by molar-refractivity contribution is 1.23. The molecule has 246 valence electrons. The maximum absolute atomic E-state index is 5.34. The minimum atomic E-state index is 0.711. The van der Waals surface area contributed by atoms with Crippen molar-refractivity contribution in [3.05, 3.63) is 188 Å². The van der Waals surface area contributed by atoms with Crippen molar-refractivity contribution in [2.24, 2.45) is 0 Å². The molecule has 11 rings (SSSR count). The molecule has 11 aromatic rings. The topological polar surface area (TPSA) is 30.2 Å². The summed E-state index contributed by atoms with van der Waals surface area (Å²) in [5.74, 6) is 0.711. The molecule has 0 amide bonds. The van der Waals surface area contributed by atoms with E-state index in [2.05, 4.69) is 192 Å². The van der Waals surface area contributed by atoms with Crippen LogP contribution in [-0.4, -0.2) is 14.4 Å². The highest BCUT2D eigenvalue weighted by molar-refractivity contribution is 6.22. The lowest BCUT2D eigenvalue weighted by atomic mass is 9.96. The normalized spacial score (nSPS) is 11.8. The van der Waals surface area contributed by atoms with Gasteiger partial charge in [0.05, 0.1) is 27.8 Å². The van der Waals surface area contributed by atoms with E-state index >= 15 is 0 Å². The van der Waals surface area contributed by atoms with E-state index < -0.39 is 0 Å². The van der Waals surface area contributed by atoms with E-state index in [9.17, 15) is 0 Å². The van der Waals surface area contributed by atoms with Gasteiger partial charge in [-0.05, 0) is 45.7 Å². The second-order valence-corrected chi connectivity index (χ2v) is 13.7. The Bertz CT molecular complexity index is 3200. The van der Waals surface area contributed by atoms with Crippen LogP contribution in [0.4, 0.5) is 0 Å². The van der Waals surface area contributed by atoms with Crippen LogP contribution in [0.1, 0.15) is 0 Å². The van der Waals surface area contributed by atoms with Gasteiger partial charge in [-0.3, -0.25) is 0 Å². The average Bonchev–Trinajstić information content (AvgIpc) is 3.59. The summed E-state index contributed by atoms with van der Waals surface area (Å²) in [5.41, 5.74) is 12.3. The lowest BCUT2D eigenvalue weighted by Crippen LogP contribution is -1.96. The monoisotopic (exact) mass is 673 g/mol. The molecule has 0 aliphatic carbocycles. The summed E-state index contributed by atoms with van der Waals surface area (Å²) >= 11 is 0. The van der Waals surface area contributed by atoms with Crippen LogP contribution in [-0.2, 0) is 0 Å². The zero-order valence-electron chi connectivity index (χ0n) is 28.7. The van der Waals surface area contributed by atoms with Crippen LogP contribution in [0.15, 0.2) is 188 Å². The molecule has 0 radical (unpaired) electrons. The molecule has 0 saturated carbocycles. The van der Waals surface area contributed by atoms with Crippen molar-refractivity contribution in [1.82, 2.24) is 14.4 Å². The second-order valence-electron chi connectivity index (χ2n) is 13.7. The third kappa shape index (κ3) is 4.61. The molecule has 3 heterocycles. The summed E-state index contributed by atoms with van der Waals surface area (Å²) in [4.78, 5) is 10.7. The van der Waals surface area contributed by atoms with Crippen molar-refractivity contribution >= 4 is 59.8 Å². The molecule has 0 aliphatic heterocycles. The average molecular weight is 674 g/mol. The molecule has 3 aromatic heterocycles. The van der Waals surface area contributed by atoms with E-state index in [1.165, 1.54) is 54.8 Å². The molecule has 0 atom stereocenters. The third-order valence-electron chi connectivity index (χ3n) is 10.8. The highest BCUT2D eigenvalue weighted by Crippen LogP contribution is 2.44. The Hall–Kier alpha value is -7.10. The first-order chi connectivity index (χ1) is 26.3. The fraction of sp³-hybridized carbons (Fsp3) is 0. The van der Waals surface area contributed by atoms with Crippen molar-refractivity contribution in [2.75, 3.05) is 0 Å². The number of benzene rings is 8. The van der Waals surface area contributed by atoms with Crippen LogP contribution in [0.3, 0.4) is 0 Å². The number of aromatic nitrogens is 3. The molecule has 53 heavy (non-hydrogen) atoms. The van der Waals surface area contributed by atoms with Gasteiger partial charge in [-0.2, -0.15) is 0 Å². The first kappa shape index (κ1) is 29.6. The van der Waals surface area contributed by atoms with Crippen molar-refractivity contribution in [3.8, 4) is 44.9 Å². The van der Waals surface area contributed by atoms with Gasteiger partial charge in [0.15, 0.2) is 5.82 Å². The zero-order valence-corrected chi connectivity index (χ0v) is 28.7. The quantitative estimate of drug-likeness (QED) is 0.174. The zero-order chi connectivity index (χ0) is 34.9. The van der Waals surface area contributed by atoms with Gasteiger partial charge < -0.3 is 4.40 Å². The third-order valence-corrected chi connectivity index (χ3v) is 10.8. The minimum absolute atomic E-state index is 0.711. The van der Waals surface area contributed by atoms with Gasteiger partial charge in [0.2, 0.25) is 0 Å². The lowest BCUT2D eigenvalue weighted by Gasteiger charge is -2.12. The SMILES string of the molecule is c1ccc(-c2ccc(-c3c4ccc(-c5nc(-c6ccccc6)c6ccc7ccccc7c6n5)cc4n4c5ccccc5c5ccccc5c34)cc2)cc1. The van der Waals surface area contributed by atoms with Crippen LogP contribution in [0, 0.1) is 0 Å². The Morgan fingerprint density at radius 1 is 0.340 bits per heavy atom. The Morgan fingerprint density at radius 3 is 1.72 bits per heavy atom. The smallest absolute Gasteiger partial charge is 0.160 e. The molecule has 0 spiro atoms. The molecule has 0 aliphatic rings. The summed E-state index contributed by atoms with van der Waals surface area (Å²) in [6.45, 7) is 0. The summed E-state index contributed by atoms with van der Waals surface area (Å²) in [6, 6.07) is 67.3. The molecule has 0 saturated heterocycles. The minimum Gasteiger partial charge on any atom is -0.308 e. The first-order valence-corrected chi connectivity index (χ1v) is 18.1. The predicted molar refractivity (Wildman–Crippen MR) is 222 cm³/mol. The number of fused-ring (bicyclic) bond motifs is 11. The fourth-order valence-electron chi connectivity index (χ4n) is 8.31. The summed E-state index contributed by atoms with van der Waals surface area (Å²) in [7, 11) is 0. The van der Waals surface area contributed by atoms with Crippen molar-refractivity contribution < 1.29 is 0 Å². The number of pyridine rings is 1. The van der Waals surface area contributed by atoms with E-state index in [0.717, 1.165) is 44.0 Å². The van der Waals surface area contributed by atoms with Crippen molar-refractivity contribution in [1.29, 1.82) is 0 Å². The summed E-state index contributed by atoms with van der Waals surface area (Å²) in [5, 5.41) is 8.23. The van der Waals surface area contributed by atoms with Crippen molar-refractivity contribution in [2.45, 2.75) is 0 Å². The Balaban J connectivity index is 1.23. The molecule has 8 aromatic carbocycles. The molecule has 0 N–H and O–H groups in total. The Kier molecular flexibility index (Phi) is 6.55. The van der Waals surface area contributed by atoms with Gasteiger partial charge in [-0.15, -0.1) is 0 Å². The first-order valence-electron chi connectivity index (χ1n) is 18.1. The summed E-state index contributed by atoms with van der Waals surface area (Å²) < 4.78 is 2.46. The maximum Gasteiger partial charge on any atom is 0.160 e. The van der Waals surface area contributed by atoms with E-state index in [1.54, 1.807) is 0 Å². The van der Waals surface area contributed by atoms with Crippen LogP contribution >= 0.6 is 0 Å². The van der Waals surface area contributed by atoms with E-state index in [4.69, 9.17) is 9.97 Å². The number of rotatable bonds is 4. The van der Waals surface area contributed by atoms with Crippen LogP contribution in [0.5, 0.6) is 0 Å². The molecule has 0 fully saturated rings. The second kappa shape index (κ2) is 11.7. The van der Waals surface area contributed by atoms with Gasteiger partial charge in [0.1, 0.15) is 0 Å². The van der Waals surface area contributed by atoms with E-state index in [0.29, 0.717) is 5.82 Å². The van der Waals surface area contributed by atoms with Gasteiger partial charge in [-0.25, -0.2) is 9.97 Å². The Labute approximate surface area is 306 Å². The highest BCUT2D eigenvalue weighted by Gasteiger charge is 2.21. The molecule has 3 heteroatoms. The predicted octanol–water partition coefficient (Wildman–Crippen LogP) is 13.2. The molecular formula is C50H31N3. The molecular weight excluding hydrogens is 643 g/mol. The molecule has 0 bridgehead atoms. The molecule has 3 nitrogen and oxygen atoms in total.